The summed E-state index contributed by atoms with van der Waals surface area (Å²) in [6, 6.07) is 3.58. The van der Waals surface area contributed by atoms with E-state index < -0.39 is 25.1 Å². The number of methoxy groups -OCH3 is 1. The summed E-state index contributed by atoms with van der Waals surface area (Å²) in [4.78, 5) is 38.0. The summed E-state index contributed by atoms with van der Waals surface area (Å²) in [5, 5.41) is 1.55. The number of fused-ring (bicyclic) bond motifs is 1. The van der Waals surface area contributed by atoms with Gasteiger partial charge in [-0.05, 0) is 18.2 Å². The van der Waals surface area contributed by atoms with E-state index in [4.69, 9.17) is 0 Å². The minimum absolute atomic E-state index is 0.00686. The Morgan fingerprint density at radius 3 is 2.76 bits per heavy atom. The molecule has 7 nitrogen and oxygen atoms in total. The van der Waals surface area contributed by atoms with Crippen LogP contribution in [0.4, 0.5) is 4.39 Å². The zero-order chi connectivity index (χ0) is 18.4. The van der Waals surface area contributed by atoms with Crippen LogP contribution in [-0.2, 0) is 9.30 Å². The van der Waals surface area contributed by atoms with Gasteiger partial charge in [-0.25, -0.2) is 14.2 Å². The van der Waals surface area contributed by atoms with Crippen LogP contribution in [0, 0.1) is 5.82 Å². The number of hydrogen-bond acceptors (Lipinski definition) is 6. The number of thiazole rings is 1. The summed E-state index contributed by atoms with van der Waals surface area (Å²) in [7, 11) is -2.56. The van der Waals surface area contributed by atoms with Crippen LogP contribution >= 0.6 is 18.9 Å². The molecule has 10 heteroatoms. The smallest absolute Gasteiger partial charge is 0.357 e. The second-order valence-electron chi connectivity index (χ2n) is 5.24. The maximum Gasteiger partial charge on any atom is 0.357 e. The molecular formula is C15H12FN2O5PS. The molecule has 0 bridgehead atoms. The molecule has 2 heterocycles. The van der Waals surface area contributed by atoms with Crippen LogP contribution < -0.4 is 0 Å². The topological polar surface area (TPSA) is 98.5 Å². The first-order valence-electron chi connectivity index (χ1n) is 6.92. The van der Waals surface area contributed by atoms with Crippen LogP contribution in [0.2, 0.25) is 0 Å². The van der Waals surface area contributed by atoms with Crippen LogP contribution in [-0.4, -0.2) is 39.7 Å². The number of ketones is 1. The lowest BCUT2D eigenvalue weighted by atomic mass is 10.1. The third kappa shape index (κ3) is 3.13. The standard InChI is InChI=1S/C15H12FN2O5PS/c1-23-15(20)11-7-25-14(17-11)13(19)10-6-18(24(2,21)22)12-4-3-8(16)5-9(10)12/h3-7H,1-2H3,(H,21,22). The van der Waals surface area contributed by atoms with Crippen molar-refractivity contribution in [1.82, 2.24) is 9.32 Å². The Morgan fingerprint density at radius 2 is 2.12 bits per heavy atom. The number of rotatable bonds is 4. The van der Waals surface area contributed by atoms with E-state index in [1.54, 1.807) is 0 Å². The maximum atomic E-state index is 13.6. The van der Waals surface area contributed by atoms with E-state index in [2.05, 4.69) is 9.72 Å². The third-order valence-corrected chi connectivity index (χ3v) is 5.46. The molecule has 1 atom stereocenters. The van der Waals surface area contributed by atoms with Gasteiger partial charge in [-0.2, -0.15) is 0 Å². The monoisotopic (exact) mass is 382 g/mol. The maximum absolute atomic E-state index is 13.6. The van der Waals surface area contributed by atoms with E-state index >= 15 is 0 Å². The normalized spacial score (nSPS) is 13.6. The number of aromatic nitrogens is 2. The molecule has 1 aromatic carbocycles. The highest BCUT2D eigenvalue weighted by atomic mass is 32.1. The van der Waals surface area contributed by atoms with Gasteiger partial charge in [0.05, 0.1) is 18.2 Å². The first-order chi connectivity index (χ1) is 11.7. The van der Waals surface area contributed by atoms with Crippen molar-refractivity contribution in [3.8, 4) is 0 Å². The van der Waals surface area contributed by atoms with E-state index in [0.717, 1.165) is 34.5 Å². The summed E-state index contributed by atoms with van der Waals surface area (Å²) in [6.45, 7) is 1.11. The average Bonchev–Trinajstić information content (AvgIpc) is 3.17. The van der Waals surface area contributed by atoms with Crippen molar-refractivity contribution < 1.29 is 28.2 Å². The largest absolute Gasteiger partial charge is 0.464 e. The number of hydrogen-bond donors (Lipinski definition) is 1. The lowest BCUT2D eigenvalue weighted by molar-refractivity contribution is 0.0595. The molecule has 3 rings (SSSR count). The molecule has 130 valence electrons. The molecule has 0 aliphatic heterocycles. The molecule has 0 saturated carbocycles. The van der Waals surface area contributed by atoms with E-state index in [1.165, 1.54) is 24.8 Å². The van der Waals surface area contributed by atoms with E-state index in [1.807, 2.05) is 0 Å². The Balaban J connectivity index is 2.16. The van der Waals surface area contributed by atoms with Crippen LogP contribution in [0.3, 0.4) is 0 Å². The number of esters is 1. The molecule has 0 aliphatic rings. The van der Waals surface area contributed by atoms with Gasteiger partial charge in [-0.15, -0.1) is 11.3 Å². The summed E-state index contributed by atoms with van der Waals surface area (Å²) < 4.78 is 31.3. The van der Waals surface area contributed by atoms with Crippen molar-refractivity contribution in [2.24, 2.45) is 0 Å². The minimum Gasteiger partial charge on any atom is -0.464 e. The molecule has 0 amide bonds. The second kappa shape index (κ2) is 6.18. The lowest BCUT2D eigenvalue weighted by Gasteiger charge is -2.08. The Hall–Kier alpha value is -2.35. The Kier molecular flexibility index (Phi) is 4.32. The van der Waals surface area contributed by atoms with E-state index in [9.17, 15) is 23.4 Å². The lowest BCUT2D eigenvalue weighted by Crippen LogP contribution is -2.04. The number of benzene rings is 1. The van der Waals surface area contributed by atoms with E-state index in [0.29, 0.717) is 0 Å². The molecule has 1 unspecified atom stereocenters. The van der Waals surface area contributed by atoms with Gasteiger partial charge in [0, 0.05) is 23.6 Å². The molecule has 25 heavy (non-hydrogen) atoms. The second-order valence-corrected chi connectivity index (χ2v) is 8.20. The number of halogens is 1. The quantitative estimate of drug-likeness (QED) is 0.423. The summed E-state index contributed by atoms with van der Waals surface area (Å²) >= 11 is 0.930. The van der Waals surface area contributed by atoms with E-state index in [-0.39, 0.29) is 27.2 Å². The van der Waals surface area contributed by atoms with Gasteiger partial charge in [-0.3, -0.25) is 13.7 Å². The average molecular weight is 382 g/mol. The van der Waals surface area contributed by atoms with Gasteiger partial charge in [-0.1, -0.05) is 0 Å². The van der Waals surface area contributed by atoms with Crippen molar-refractivity contribution in [2.75, 3.05) is 13.8 Å². The van der Waals surface area contributed by atoms with Gasteiger partial charge in [0.2, 0.25) is 5.78 Å². The highest BCUT2D eigenvalue weighted by molar-refractivity contribution is 7.55. The van der Waals surface area contributed by atoms with Crippen LogP contribution in [0.15, 0.2) is 29.8 Å². The van der Waals surface area contributed by atoms with Gasteiger partial charge in [0.1, 0.15) is 5.82 Å². The molecule has 1 N–H and O–H groups in total. The van der Waals surface area contributed by atoms with Crippen molar-refractivity contribution >= 4 is 41.5 Å². The predicted octanol–water partition coefficient (Wildman–Crippen LogP) is 2.92. The van der Waals surface area contributed by atoms with Crippen LogP contribution in [0.1, 0.15) is 25.9 Å². The number of carbonyl (C=O) groups excluding carboxylic acids is 2. The fourth-order valence-corrected chi connectivity index (χ4v) is 4.01. The minimum atomic E-state index is -3.75. The molecule has 0 saturated heterocycles. The fourth-order valence-electron chi connectivity index (χ4n) is 2.36. The van der Waals surface area contributed by atoms with Gasteiger partial charge >= 0.3 is 5.97 Å². The van der Waals surface area contributed by atoms with Crippen molar-refractivity contribution in [3.63, 3.8) is 0 Å². The molecule has 0 fully saturated rings. The number of carbonyl (C=O) groups is 2. The first-order valence-corrected chi connectivity index (χ1v) is 9.86. The first kappa shape index (κ1) is 17.5. The molecule has 0 aliphatic carbocycles. The number of nitrogens with zero attached hydrogens (tertiary/aromatic N) is 2. The third-order valence-electron chi connectivity index (χ3n) is 3.48. The van der Waals surface area contributed by atoms with Gasteiger partial charge < -0.3 is 9.63 Å². The highest BCUT2D eigenvalue weighted by Gasteiger charge is 2.25. The summed E-state index contributed by atoms with van der Waals surface area (Å²) in [5.74, 6) is -1.85. The Bertz CT molecular complexity index is 1050. The Morgan fingerprint density at radius 1 is 1.40 bits per heavy atom. The SMILES string of the molecule is COC(=O)c1csc(C(=O)c2cn(P(C)(=O)O)c3ccc(F)cc23)n1. The number of ether oxygens (including phenoxy) is 1. The fraction of sp³-hybridized carbons (Fsp3) is 0.133. The molecule has 3 aromatic rings. The van der Waals surface area contributed by atoms with Crippen LogP contribution in [0.25, 0.3) is 10.9 Å². The van der Waals surface area contributed by atoms with Crippen molar-refractivity contribution in [1.29, 1.82) is 0 Å². The highest BCUT2D eigenvalue weighted by Crippen LogP contribution is 2.42. The Labute approximate surface area is 145 Å². The summed E-state index contributed by atoms with van der Waals surface area (Å²) in [6.07, 6.45) is 1.20. The van der Waals surface area contributed by atoms with Crippen molar-refractivity contribution in [3.05, 3.63) is 51.9 Å². The van der Waals surface area contributed by atoms with Crippen LogP contribution in [0.5, 0.6) is 0 Å². The molecule has 0 spiro atoms. The zero-order valence-corrected chi connectivity index (χ0v) is 14.8. The predicted molar refractivity (Wildman–Crippen MR) is 89.9 cm³/mol. The molecule has 2 aromatic heterocycles. The molecule has 0 radical (unpaired) electrons. The molecular weight excluding hydrogens is 370 g/mol. The van der Waals surface area contributed by atoms with Crippen molar-refractivity contribution in [2.45, 2.75) is 0 Å². The van der Waals surface area contributed by atoms with Gasteiger partial charge in [0.25, 0.3) is 7.52 Å². The zero-order valence-electron chi connectivity index (χ0n) is 13.1. The summed E-state index contributed by atoms with van der Waals surface area (Å²) in [5.41, 5.74) is 0.258. The van der Waals surface area contributed by atoms with Gasteiger partial charge in [0.15, 0.2) is 10.7 Å².